The number of rotatable bonds is 6. The van der Waals surface area contributed by atoms with Crippen molar-refractivity contribution < 1.29 is 13.9 Å². The monoisotopic (exact) mass is 506 g/mol. The smallest absolute Gasteiger partial charge is 0.260 e. The first-order chi connectivity index (χ1) is 17.8. The summed E-state index contributed by atoms with van der Waals surface area (Å²) in [7, 11) is 3.85. The summed E-state index contributed by atoms with van der Waals surface area (Å²) in [6, 6.07) is 7.39. The standard InChI is InChI=1S/C26H31FN8O2/c1-34(2)11-9-31-16-18(15-28)19-13-20-23(14-21(19)27)37-12-5-3-4-10-35(17-29)25(30)22-7-6-8-24(32-22)33-26(20)36/h3,5-8,13-17,29-30H,4,9-12,28H2,1-2H3,(H,32,33,36)/b5-3-,18-15+,29-17?,30-25?,31-16?. The van der Waals surface area contributed by atoms with Gasteiger partial charge in [-0.1, -0.05) is 18.2 Å². The zero-order valence-corrected chi connectivity index (χ0v) is 20.9. The fourth-order valence-electron chi connectivity index (χ4n) is 3.44. The van der Waals surface area contributed by atoms with Crippen LogP contribution in [0.1, 0.15) is 28.0 Å². The van der Waals surface area contributed by atoms with Crippen LogP contribution in [-0.4, -0.2) is 79.4 Å². The summed E-state index contributed by atoms with van der Waals surface area (Å²) in [5, 5.41) is 18.7. The molecule has 2 bridgehead atoms. The molecule has 1 aromatic heterocycles. The summed E-state index contributed by atoms with van der Waals surface area (Å²) >= 11 is 0. The Kier molecular flexibility index (Phi) is 9.61. The van der Waals surface area contributed by atoms with E-state index in [0.717, 1.165) is 12.4 Å². The number of benzene rings is 1. The number of nitrogens with two attached hydrogens (primary N) is 1. The first kappa shape index (κ1) is 27.2. The summed E-state index contributed by atoms with van der Waals surface area (Å²) < 4.78 is 20.9. The molecule has 0 saturated heterocycles. The number of fused-ring (bicyclic) bond motifs is 3. The summed E-state index contributed by atoms with van der Waals surface area (Å²) in [6.07, 6.45) is 7.88. The number of hydrogen-bond acceptors (Lipinski definition) is 8. The van der Waals surface area contributed by atoms with Gasteiger partial charge in [0.1, 0.15) is 29.7 Å². The van der Waals surface area contributed by atoms with E-state index in [4.69, 9.17) is 21.3 Å². The van der Waals surface area contributed by atoms with Crippen molar-refractivity contribution >= 4 is 35.7 Å². The number of hydrogen-bond donors (Lipinski definition) is 4. The third-order valence-electron chi connectivity index (χ3n) is 5.43. The van der Waals surface area contributed by atoms with E-state index in [2.05, 4.69) is 15.3 Å². The SMILES string of the molecule is CN(C)CCN=C/C(=C\N)c1cc2c(cc1F)OC/C=C\CCN(C=N)C(=N)c1cccc(n1)NC2=O. The molecule has 2 aromatic rings. The maximum Gasteiger partial charge on any atom is 0.260 e. The molecule has 0 spiro atoms. The average Bonchev–Trinajstić information content (AvgIpc) is 2.88. The Morgan fingerprint density at radius 2 is 2.16 bits per heavy atom. The van der Waals surface area contributed by atoms with E-state index >= 15 is 4.39 Å². The van der Waals surface area contributed by atoms with E-state index in [1.54, 1.807) is 24.3 Å². The molecule has 2 heterocycles. The zero-order chi connectivity index (χ0) is 26.8. The number of halogens is 1. The van der Waals surface area contributed by atoms with Crippen LogP contribution < -0.4 is 15.8 Å². The second-order valence-corrected chi connectivity index (χ2v) is 8.39. The molecule has 1 aromatic carbocycles. The average molecular weight is 507 g/mol. The summed E-state index contributed by atoms with van der Waals surface area (Å²) in [5.74, 6) is -0.900. The number of amidine groups is 1. The van der Waals surface area contributed by atoms with Crippen LogP contribution in [0.5, 0.6) is 5.75 Å². The first-order valence-corrected chi connectivity index (χ1v) is 11.7. The molecule has 1 amide bonds. The maximum atomic E-state index is 15.2. The van der Waals surface area contributed by atoms with Gasteiger partial charge in [-0.3, -0.25) is 20.6 Å². The maximum absolute atomic E-state index is 15.2. The van der Waals surface area contributed by atoms with Crippen molar-refractivity contribution in [3.8, 4) is 5.75 Å². The molecule has 0 radical (unpaired) electrons. The lowest BCUT2D eigenvalue weighted by molar-refractivity contribution is 0.102. The van der Waals surface area contributed by atoms with E-state index in [0.29, 0.717) is 37.3 Å². The van der Waals surface area contributed by atoms with E-state index in [-0.39, 0.29) is 35.1 Å². The van der Waals surface area contributed by atoms with Gasteiger partial charge in [-0.15, -0.1) is 0 Å². The third kappa shape index (κ3) is 7.31. The lowest BCUT2D eigenvalue weighted by Gasteiger charge is -2.18. The molecule has 0 atom stereocenters. The number of likely N-dealkylation sites (N-methyl/N-ethyl adjacent to an activating group) is 1. The van der Waals surface area contributed by atoms with Crippen LogP contribution in [0.4, 0.5) is 10.2 Å². The molecule has 194 valence electrons. The lowest BCUT2D eigenvalue weighted by atomic mass is 10.0. The van der Waals surface area contributed by atoms with Gasteiger partial charge in [-0.2, -0.15) is 0 Å². The number of carbonyl (C=O) groups is 1. The molecule has 11 heteroatoms. The second-order valence-electron chi connectivity index (χ2n) is 8.39. The van der Waals surface area contributed by atoms with Gasteiger partial charge < -0.3 is 25.6 Å². The van der Waals surface area contributed by atoms with Crippen molar-refractivity contribution in [3.05, 3.63) is 71.3 Å². The molecule has 3 rings (SSSR count). The predicted octanol–water partition coefficient (Wildman–Crippen LogP) is 2.98. The summed E-state index contributed by atoms with van der Waals surface area (Å²) in [4.78, 5) is 25.4. The number of nitrogens with zero attached hydrogens (tertiary/aromatic N) is 4. The minimum atomic E-state index is -0.612. The Morgan fingerprint density at radius 1 is 1.35 bits per heavy atom. The number of nitrogens with one attached hydrogen (secondary N) is 3. The predicted molar refractivity (Wildman–Crippen MR) is 144 cm³/mol. The minimum Gasteiger partial charge on any atom is -0.489 e. The first-order valence-electron chi connectivity index (χ1n) is 11.7. The molecule has 0 aliphatic carbocycles. The lowest BCUT2D eigenvalue weighted by Crippen LogP contribution is -2.31. The highest BCUT2D eigenvalue weighted by atomic mass is 19.1. The molecule has 0 unspecified atom stereocenters. The molecule has 10 nitrogen and oxygen atoms in total. The topological polar surface area (TPSA) is 144 Å². The van der Waals surface area contributed by atoms with Gasteiger partial charge in [0.15, 0.2) is 5.84 Å². The quantitative estimate of drug-likeness (QED) is 0.269. The van der Waals surface area contributed by atoms with Crippen LogP contribution in [0.2, 0.25) is 0 Å². The van der Waals surface area contributed by atoms with Gasteiger partial charge in [-0.05, 0) is 38.7 Å². The number of carbonyl (C=O) groups excluding carboxylic acids is 1. The highest BCUT2D eigenvalue weighted by Gasteiger charge is 2.20. The fraction of sp³-hybridized carbons (Fsp3) is 0.269. The number of anilines is 1. The summed E-state index contributed by atoms with van der Waals surface area (Å²) in [6.45, 7) is 1.69. The molecule has 0 fully saturated rings. The van der Waals surface area contributed by atoms with E-state index in [1.165, 1.54) is 23.4 Å². The van der Waals surface area contributed by atoms with Crippen molar-refractivity contribution in [2.24, 2.45) is 10.7 Å². The van der Waals surface area contributed by atoms with Gasteiger partial charge >= 0.3 is 0 Å². The molecule has 5 N–H and O–H groups in total. The van der Waals surface area contributed by atoms with Crippen LogP contribution in [0.3, 0.4) is 0 Å². The third-order valence-corrected chi connectivity index (χ3v) is 5.43. The number of aliphatic imine (C=N–C) groups is 1. The molecule has 37 heavy (non-hydrogen) atoms. The molecule has 1 aliphatic rings. The van der Waals surface area contributed by atoms with Crippen molar-refractivity contribution in [1.82, 2.24) is 14.8 Å². The fourth-order valence-corrected chi connectivity index (χ4v) is 3.44. The molecule has 0 saturated carbocycles. The van der Waals surface area contributed by atoms with Gasteiger partial charge in [0.25, 0.3) is 5.91 Å². The number of allylic oxidation sites excluding steroid dienone is 1. The number of aromatic nitrogens is 1. The van der Waals surface area contributed by atoms with E-state index < -0.39 is 11.7 Å². The number of ether oxygens (including phenoxy) is 1. The van der Waals surface area contributed by atoms with Gasteiger partial charge in [0.2, 0.25) is 0 Å². The van der Waals surface area contributed by atoms with Crippen LogP contribution in [0, 0.1) is 16.6 Å². The minimum absolute atomic E-state index is 0.0293. The van der Waals surface area contributed by atoms with Crippen LogP contribution in [0.15, 0.2) is 53.7 Å². The van der Waals surface area contributed by atoms with Crippen molar-refractivity contribution in [3.63, 3.8) is 0 Å². The Hall–Kier alpha value is -4.38. The van der Waals surface area contributed by atoms with Crippen LogP contribution >= 0.6 is 0 Å². The van der Waals surface area contributed by atoms with Gasteiger partial charge in [0, 0.05) is 42.7 Å². The van der Waals surface area contributed by atoms with E-state index in [1.807, 2.05) is 25.1 Å². The highest BCUT2D eigenvalue weighted by Crippen LogP contribution is 2.28. The Morgan fingerprint density at radius 3 is 2.89 bits per heavy atom. The molecular formula is C26H31FN8O2. The highest BCUT2D eigenvalue weighted by molar-refractivity contribution is 6.12. The Bertz CT molecular complexity index is 1240. The molecule has 1 aliphatic heterocycles. The van der Waals surface area contributed by atoms with Crippen LogP contribution in [0.25, 0.3) is 5.57 Å². The second kappa shape index (κ2) is 13.1. The number of amides is 1. The normalized spacial score (nSPS) is 16.0. The Labute approximate surface area is 215 Å². The van der Waals surface area contributed by atoms with Crippen molar-refractivity contribution in [2.75, 3.05) is 45.7 Å². The van der Waals surface area contributed by atoms with Crippen molar-refractivity contribution in [2.45, 2.75) is 6.42 Å². The largest absolute Gasteiger partial charge is 0.489 e. The molecular weight excluding hydrogens is 475 g/mol. The van der Waals surface area contributed by atoms with Gasteiger partial charge in [-0.25, -0.2) is 9.37 Å². The van der Waals surface area contributed by atoms with E-state index in [9.17, 15) is 4.79 Å². The Balaban J connectivity index is 2.00. The van der Waals surface area contributed by atoms with Gasteiger partial charge in [0.05, 0.1) is 18.4 Å². The number of pyridine rings is 1. The zero-order valence-electron chi connectivity index (χ0n) is 20.9. The van der Waals surface area contributed by atoms with Crippen LogP contribution in [-0.2, 0) is 0 Å². The summed E-state index contributed by atoms with van der Waals surface area (Å²) in [5.41, 5.74) is 6.57. The van der Waals surface area contributed by atoms with Crippen molar-refractivity contribution in [1.29, 1.82) is 10.8 Å².